The SMILES string of the molecule is Cc1ccc(C(F)(F)CO[C@@H]2CC(Nc3ncnc4[nH]ncc34)C[C@H]2F)cc1. The van der Waals surface area contributed by atoms with Crippen LogP contribution >= 0.6 is 0 Å². The largest absolute Gasteiger partial charge is 0.368 e. The molecule has 0 amide bonds. The second-order valence-electron chi connectivity index (χ2n) is 7.10. The molecule has 2 aromatic heterocycles. The Morgan fingerprint density at radius 1 is 1.21 bits per heavy atom. The summed E-state index contributed by atoms with van der Waals surface area (Å²) in [7, 11) is 0. The molecule has 2 heterocycles. The van der Waals surface area contributed by atoms with E-state index < -0.39 is 24.8 Å². The lowest BCUT2D eigenvalue weighted by Crippen LogP contribution is -2.28. The summed E-state index contributed by atoms with van der Waals surface area (Å²) in [5, 5.41) is 10.5. The van der Waals surface area contributed by atoms with Crippen LogP contribution in [0.15, 0.2) is 36.8 Å². The van der Waals surface area contributed by atoms with Crippen molar-refractivity contribution in [1.29, 1.82) is 0 Å². The maximum absolute atomic E-state index is 14.4. The van der Waals surface area contributed by atoms with Crippen LogP contribution in [0.1, 0.15) is 24.0 Å². The summed E-state index contributed by atoms with van der Waals surface area (Å²) < 4.78 is 48.4. The van der Waals surface area contributed by atoms with Gasteiger partial charge in [0.15, 0.2) is 5.65 Å². The van der Waals surface area contributed by atoms with Gasteiger partial charge in [0.2, 0.25) is 0 Å². The van der Waals surface area contributed by atoms with Gasteiger partial charge in [-0.3, -0.25) is 5.10 Å². The van der Waals surface area contributed by atoms with Gasteiger partial charge < -0.3 is 10.1 Å². The van der Waals surface area contributed by atoms with Gasteiger partial charge in [0.25, 0.3) is 5.92 Å². The lowest BCUT2D eigenvalue weighted by atomic mass is 10.1. The zero-order chi connectivity index (χ0) is 19.7. The van der Waals surface area contributed by atoms with Crippen molar-refractivity contribution in [2.75, 3.05) is 11.9 Å². The summed E-state index contributed by atoms with van der Waals surface area (Å²) in [4.78, 5) is 8.20. The number of nitrogens with one attached hydrogen (secondary N) is 2. The van der Waals surface area contributed by atoms with Crippen molar-refractivity contribution >= 4 is 16.9 Å². The molecule has 3 aromatic rings. The van der Waals surface area contributed by atoms with Gasteiger partial charge in [-0.05, 0) is 13.3 Å². The molecule has 0 aliphatic heterocycles. The second-order valence-corrected chi connectivity index (χ2v) is 7.10. The summed E-state index contributed by atoms with van der Waals surface area (Å²) in [5.74, 6) is -2.64. The fourth-order valence-corrected chi connectivity index (χ4v) is 3.40. The van der Waals surface area contributed by atoms with Crippen LogP contribution in [0.3, 0.4) is 0 Å². The van der Waals surface area contributed by atoms with E-state index in [4.69, 9.17) is 4.74 Å². The molecule has 148 valence electrons. The smallest absolute Gasteiger partial charge is 0.296 e. The highest BCUT2D eigenvalue weighted by Gasteiger charge is 2.39. The number of aromatic amines is 1. The van der Waals surface area contributed by atoms with E-state index in [-0.39, 0.29) is 24.4 Å². The Kier molecular flexibility index (Phi) is 4.92. The van der Waals surface area contributed by atoms with Gasteiger partial charge in [0.1, 0.15) is 24.9 Å². The third kappa shape index (κ3) is 3.80. The molecule has 1 saturated carbocycles. The number of alkyl halides is 3. The zero-order valence-electron chi connectivity index (χ0n) is 15.2. The molecule has 1 aliphatic carbocycles. The highest BCUT2D eigenvalue weighted by molar-refractivity contribution is 5.85. The Morgan fingerprint density at radius 2 is 2.00 bits per heavy atom. The molecule has 0 radical (unpaired) electrons. The lowest BCUT2D eigenvalue weighted by Gasteiger charge is -2.21. The van der Waals surface area contributed by atoms with Gasteiger partial charge >= 0.3 is 0 Å². The van der Waals surface area contributed by atoms with Crippen molar-refractivity contribution in [3.63, 3.8) is 0 Å². The molecule has 1 aliphatic rings. The molecule has 6 nitrogen and oxygen atoms in total. The number of hydrogen-bond acceptors (Lipinski definition) is 5. The quantitative estimate of drug-likeness (QED) is 0.669. The normalized spacial score (nSPS) is 22.6. The number of ether oxygens (including phenoxy) is 1. The number of fused-ring (bicyclic) bond motifs is 1. The molecule has 1 unspecified atom stereocenters. The molecular formula is C19H20F3N5O. The summed E-state index contributed by atoms with van der Waals surface area (Å²) in [6.45, 7) is 0.972. The minimum absolute atomic E-state index is 0.135. The highest BCUT2D eigenvalue weighted by Crippen LogP contribution is 2.33. The van der Waals surface area contributed by atoms with E-state index in [1.165, 1.54) is 18.5 Å². The van der Waals surface area contributed by atoms with Gasteiger partial charge in [-0.1, -0.05) is 29.8 Å². The fraction of sp³-hybridized carbons (Fsp3) is 0.421. The van der Waals surface area contributed by atoms with Crippen molar-refractivity contribution in [2.24, 2.45) is 0 Å². The number of anilines is 1. The van der Waals surface area contributed by atoms with Gasteiger partial charge in [0, 0.05) is 18.0 Å². The first-order chi connectivity index (χ1) is 13.4. The van der Waals surface area contributed by atoms with Crippen LogP contribution in [0.4, 0.5) is 19.0 Å². The summed E-state index contributed by atoms with van der Waals surface area (Å²) >= 11 is 0. The van der Waals surface area contributed by atoms with Crippen molar-refractivity contribution < 1.29 is 17.9 Å². The molecule has 1 aromatic carbocycles. The Labute approximate surface area is 159 Å². The monoisotopic (exact) mass is 391 g/mol. The van der Waals surface area contributed by atoms with Crippen LogP contribution in [0.5, 0.6) is 0 Å². The van der Waals surface area contributed by atoms with Gasteiger partial charge in [-0.2, -0.15) is 13.9 Å². The molecule has 4 rings (SSSR count). The number of aryl methyl sites for hydroxylation is 1. The first kappa shape index (κ1) is 18.7. The third-order valence-electron chi connectivity index (χ3n) is 4.97. The molecular weight excluding hydrogens is 371 g/mol. The van der Waals surface area contributed by atoms with Crippen LogP contribution in [-0.4, -0.2) is 45.1 Å². The molecule has 0 bridgehead atoms. The van der Waals surface area contributed by atoms with Crippen molar-refractivity contribution in [3.05, 3.63) is 47.9 Å². The van der Waals surface area contributed by atoms with Crippen LogP contribution < -0.4 is 5.32 Å². The minimum Gasteiger partial charge on any atom is -0.368 e. The van der Waals surface area contributed by atoms with E-state index in [1.807, 2.05) is 6.92 Å². The Bertz CT molecular complexity index is 946. The van der Waals surface area contributed by atoms with E-state index in [2.05, 4.69) is 25.5 Å². The minimum atomic E-state index is -3.17. The molecule has 28 heavy (non-hydrogen) atoms. The average molecular weight is 391 g/mol. The molecule has 2 N–H and O–H groups in total. The van der Waals surface area contributed by atoms with Crippen LogP contribution in [0.25, 0.3) is 11.0 Å². The van der Waals surface area contributed by atoms with Crippen LogP contribution in [0, 0.1) is 6.92 Å². The standard InChI is InChI=1S/C19H20F3N5O/c1-11-2-4-12(5-3-11)19(21,22)9-28-16-7-13(6-15(16)20)26-17-14-8-25-27-18(14)24-10-23-17/h2-5,8,10,13,15-16H,6-7,9H2,1H3,(H2,23,24,25,26,27)/t13?,15-,16-/m1/s1. The number of aromatic nitrogens is 4. The maximum Gasteiger partial charge on any atom is 0.296 e. The molecule has 3 atom stereocenters. The van der Waals surface area contributed by atoms with Crippen molar-refractivity contribution in [3.8, 4) is 0 Å². The fourth-order valence-electron chi connectivity index (χ4n) is 3.40. The predicted octanol–water partition coefficient (Wildman–Crippen LogP) is 3.75. The number of nitrogens with zero attached hydrogens (tertiary/aromatic N) is 3. The highest BCUT2D eigenvalue weighted by atomic mass is 19.3. The molecule has 0 spiro atoms. The predicted molar refractivity (Wildman–Crippen MR) is 98.0 cm³/mol. The Balaban J connectivity index is 1.37. The number of H-pyrrole nitrogens is 1. The Morgan fingerprint density at radius 3 is 2.79 bits per heavy atom. The average Bonchev–Trinajstić information content (AvgIpc) is 3.27. The molecule has 9 heteroatoms. The topological polar surface area (TPSA) is 75.7 Å². The summed E-state index contributed by atoms with van der Waals surface area (Å²) in [5.41, 5.74) is 1.33. The molecule has 0 saturated heterocycles. The number of benzene rings is 1. The lowest BCUT2D eigenvalue weighted by molar-refractivity contribution is -0.114. The maximum atomic E-state index is 14.4. The van der Waals surface area contributed by atoms with Gasteiger partial charge in [-0.25, -0.2) is 14.4 Å². The van der Waals surface area contributed by atoms with Crippen molar-refractivity contribution in [1.82, 2.24) is 20.2 Å². The number of halogens is 3. The third-order valence-corrected chi connectivity index (χ3v) is 4.97. The summed E-state index contributed by atoms with van der Waals surface area (Å²) in [6.07, 6.45) is 1.17. The first-order valence-corrected chi connectivity index (χ1v) is 9.03. The van der Waals surface area contributed by atoms with E-state index in [0.29, 0.717) is 16.9 Å². The van der Waals surface area contributed by atoms with Crippen LogP contribution in [0.2, 0.25) is 0 Å². The van der Waals surface area contributed by atoms with Gasteiger partial charge in [-0.15, -0.1) is 0 Å². The number of hydrogen-bond donors (Lipinski definition) is 2. The number of rotatable bonds is 6. The van der Waals surface area contributed by atoms with E-state index in [1.54, 1.807) is 18.3 Å². The van der Waals surface area contributed by atoms with E-state index in [9.17, 15) is 13.2 Å². The Hall–Kier alpha value is -2.68. The summed E-state index contributed by atoms with van der Waals surface area (Å²) in [6, 6.07) is 5.71. The first-order valence-electron chi connectivity index (χ1n) is 9.03. The zero-order valence-corrected chi connectivity index (χ0v) is 15.2. The van der Waals surface area contributed by atoms with Crippen LogP contribution in [-0.2, 0) is 10.7 Å². The molecule has 1 fully saturated rings. The van der Waals surface area contributed by atoms with E-state index in [0.717, 1.165) is 5.56 Å². The second kappa shape index (κ2) is 7.38. The van der Waals surface area contributed by atoms with E-state index >= 15 is 0 Å². The van der Waals surface area contributed by atoms with Gasteiger partial charge in [0.05, 0.1) is 17.7 Å². The van der Waals surface area contributed by atoms with Crippen molar-refractivity contribution in [2.45, 2.75) is 44.0 Å².